The number of halogens is 3. The summed E-state index contributed by atoms with van der Waals surface area (Å²) in [6.07, 6.45) is 1.70. The maximum atomic E-state index is 12.0. The lowest BCUT2D eigenvalue weighted by Crippen LogP contribution is -2.22. The molecule has 0 N–H and O–H groups in total. The zero-order valence-corrected chi connectivity index (χ0v) is 17.9. The van der Waals surface area contributed by atoms with Crippen LogP contribution in [0.15, 0.2) is 41.3 Å². The van der Waals surface area contributed by atoms with Gasteiger partial charge in [0.1, 0.15) is 12.4 Å². The third kappa shape index (κ3) is 4.36. The average molecular weight is 520 g/mol. The second kappa shape index (κ2) is 8.21. The van der Waals surface area contributed by atoms with E-state index in [4.69, 9.17) is 27.9 Å². The first-order valence-corrected chi connectivity index (χ1v) is 10.1. The Morgan fingerprint density at radius 3 is 2.58 bits per heavy atom. The molecule has 2 amide bonds. The number of thioether (sulfide) groups is 1. The van der Waals surface area contributed by atoms with E-state index in [2.05, 4.69) is 22.6 Å². The van der Waals surface area contributed by atoms with Crippen LogP contribution in [0.3, 0.4) is 0 Å². The normalized spacial score (nSPS) is 15.8. The molecule has 134 valence electrons. The highest BCUT2D eigenvalue weighted by Gasteiger charge is 2.31. The van der Waals surface area contributed by atoms with Gasteiger partial charge in [-0.2, -0.15) is 0 Å². The van der Waals surface area contributed by atoms with E-state index in [0.29, 0.717) is 27.3 Å². The first-order chi connectivity index (χ1) is 12.3. The molecule has 1 aliphatic rings. The maximum Gasteiger partial charge on any atom is 0.293 e. The van der Waals surface area contributed by atoms with E-state index >= 15 is 0 Å². The van der Waals surface area contributed by atoms with Gasteiger partial charge in [0.15, 0.2) is 0 Å². The number of amides is 2. The SMILES string of the molecule is CN1C(=O)S/C(=C\c2ccc(OCc3ccc(Cl)cc3Cl)c(I)c2)C1=O. The summed E-state index contributed by atoms with van der Waals surface area (Å²) in [4.78, 5) is 25.0. The van der Waals surface area contributed by atoms with E-state index in [9.17, 15) is 9.59 Å². The van der Waals surface area contributed by atoms with Crippen molar-refractivity contribution in [2.45, 2.75) is 6.61 Å². The van der Waals surface area contributed by atoms with Gasteiger partial charge in [-0.1, -0.05) is 35.3 Å². The Morgan fingerprint density at radius 1 is 1.19 bits per heavy atom. The van der Waals surface area contributed by atoms with E-state index in [0.717, 1.165) is 31.4 Å². The Morgan fingerprint density at radius 2 is 1.96 bits per heavy atom. The summed E-state index contributed by atoms with van der Waals surface area (Å²) in [5.41, 5.74) is 1.66. The minimum atomic E-state index is -0.285. The molecule has 8 heteroatoms. The predicted octanol–water partition coefficient (Wildman–Crippen LogP) is 5.84. The molecule has 1 fully saturated rings. The van der Waals surface area contributed by atoms with Crippen molar-refractivity contribution in [3.05, 3.63) is 66.0 Å². The van der Waals surface area contributed by atoms with Crippen LogP contribution in [0.4, 0.5) is 4.79 Å². The van der Waals surface area contributed by atoms with Gasteiger partial charge in [-0.25, -0.2) is 0 Å². The Kier molecular flexibility index (Phi) is 6.17. The van der Waals surface area contributed by atoms with Gasteiger partial charge < -0.3 is 4.74 Å². The molecule has 0 saturated carbocycles. The number of benzene rings is 2. The molecule has 0 bridgehead atoms. The van der Waals surface area contributed by atoms with Gasteiger partial charge in [-0.05, 0) is 70.3 Å². The molecule has 1 saturated heterocycles. The molecular weight excluding hydrogens is 508 g/mol. The Hall–Kier alpha value is -1.22. The van der Waals surface area contributed by atoms with Gasteiger partial charge in [-0.3, -0.25) is 14.5 Å². The maximum absolute atomic E-state index is 12.0. The summed E-state index contributed by atoms with van der Waals surface area (Å²) in [5.74, 6) is 0.421. The van der Waals surface area contributed by atoms with E-state index in [1.54, 1.807) is 18.2 Å². The number of ether oxygens (including phenoxy) is 1. The largest absolute Gasteiger partial charge is 0.488 e. The molecule has 0 spiro atoms. The summed E-state index contributed by atoms with van der Waals surface area (Å²) >= 11 is 15.1. The lowest BCUT2D eigenvalue weighted by molar-refractivity contribution is -0.121. The fraction of sp³-hybridized carbons (Fsp3) is 0.111. The van der Waals surface area contributed by atoms with Crippen molar-refractivity contribution in [2.75, 3.05) is 7.05 Å². The number of hydrogen-bond donors (Lipinski definition) is 0. The molecule has 4 nitrogen and oxygen atoms in total. The zero-order valence-electron chi connectivity index (χ0n) is 13.5. The van der Waals surface area contributed by atoms with Crippen molar-refractivity contribution in [1.29, 1.82) is 0 Å². The minimum absolute atomic E-state index is 0.268. The molecule has 1 heterocycles. The van der Waals surface area contributed by atoms with Crippen molar-refractivity contribution >= 4 is 74.8 Å². The van der Waals surface area contributed by atoms with Crippen LogP contribution in [0.1, 0.15) is 11.1 Å². The molecule has 0 radical (unpaired) electrons. The van der Waals surface area contributed by atoms with Crippen LogP contribution in [0, 0.1) is 3.57 Å². The first kappa shape index (κ1) is 19.5. The van der Waals surface area contributed by atoms with Crippen LogP contribution >= 0.6 is 57.6 Å². The van der Waals surface area contributed by atoms with Crippen LogP contribution in [-0.4, -0.2) is 23.1 Å². The van der Waals surface area contributed by atoms with Gasteiger partial charge in [0.05, 0.1) is 8.48 Å². The molecule has 0 atom stereocenters. The average Bonchev–Trinajstić information content (AvgIpc) is 2.82. The molecular formula is C18H12Cl2INO3S. The molecule has 2 aromatic carbocycles. The van der Waals surface area contributed by atoms with Crippen LogP contribution in [-0.2, 0) is 11.4 Å². The second-order valence-electron chi connectivity index (χ2n) is 5.45. The monoisotopic (exact) mass is 519 g/mol. The summed E-state index contributed by atoms with van der Waals surface area (Å²) in [5, 5.41) is 0.865. The highest BCUT2D eigenvalue weighted by molar-refractivity contribution is 14.1. The summed E-state index contributed by atoms with van der Waals surface area (Å²) in [7, 11) is 1.47. The van der Waals surface area contributed by atoms with Crippen LogP contribution in [0.2, 0.25) is 10.0 Å². The number of imide groups is 1. The lowest BCUT2D eigenvalue weighted by atomic mass is 10.2. The third-order valence-electron chi connectivity index (χ3n) is 3.64. The summed E-state index contributed by atoms with van der Waals surface area (Å²) in [6.45, 7) is 0.320. The number of carbonyl (C=O) groups excluding carboxylic acids is 2. The standard InChI is InChI=1S/C18H12Cl2INO3S/c1-22-17(23)16(26-18(22)24)7-10-2-5-15(14(21)6-10)25-9-11-3-4-12(19)8-13(11)20/h2-8H,9H2,1H3/b16-7-. The molecule has 2 aromatic rings. The van der Waals surface area contributed by atoms with E-state index in [-0.39, 0.29) is 11.1 Å². The molecule has 1 aliphatic heterocycles. The highest BCUT2D eigenvalue weighted by Crippen LogP contribution is 2.32. The number of likely N-dealkylation sites (N-methyl/N-ethyl adjacent to an activating group) is 1. The minimum Gasteiger partial charge on any atom is -0.488 e. The zero-order chi connectivity index (χ0) is 18.8. The lowest BCUT2D eigenvalue weighted by Gasteiger charge is -2.10. The molecule has 26 heavy (non-hydrogen) atoms. The van der Waals surface area contributed by atoms with Crippen molar-refractivity contribution in [1.82, 2.24) is 4.90 Å². The number of hydrogen-bond acceptors (Lipinski definition) is 4. The first-order valence-electron chi connectivity index (χ1n) is 7.43. The predicted molar refractivity (Wildman–Crippen MR) is 114 cm³/mol. The van der Waals surface area contributed by atoms with Crippen molar-refractivity contribution in [3.63, 3.8) is 0 Å². The number of rotatable bonds is 4. The van der Waals surface area contributed by atoms with Crippen molar-refractivity contribution in [2.24, 2.45) is 0 Å². The summed E-state index contributed by atoms with van der Waals surface area (Å²) in [6, 6.07) is 10.8. The third-order valence-corrected chi connectivity index (χ3v) is 6.03. The van der Waals surface area contributed by atoms with Crippen LogP contribution in [0.25, 0.3) is 6.08 Å². The van der Waals surface area contributed by atoms with Gasteiger partial charge in [0, 0.05) is 22.7 Å². The molecule has 0 aliphatic carbocycles. The molecule has 3 rings (SSSR count). The fourth-order valence-corrected chi connectivity index (χ4v) is 4.20. The van der Waals surface area contributed by atoms with Crippen LogP contribution in [0.5, 0.6) is 5.75 Å². The van der Waals surface area contributed by atoms with Gasteiger partial charge >= 0.3 is 0 Å². The van der Waals surface area contributed by atoms with Gasteiger partial charge in [-0.15, -0.1) is 0 Å². The molecule has 0 unspecified atom stereocenters. The topological polar surface area (TPSA) is 46.6 Å². The van der Waals surface area contributed by atoms with Crippen LogP contribution < -0.4 is 4.74 Å². The van der Waals surface area contributed by atoms with E-state index in [1.165, 1.54) is 7.05 Å². The quantitative estimate of drug-likeness (QED) is 0.376. The number of nitrogens with zero attached hydrogens (tertiary/aromatic N) is 1. The van der Waals surface area contributed by atoms with E-state index < -0.39 is 0 Å². The summed E-state index contributed by atoms with van der Waals surface area (Å²) < 4.78 is 6.72. The van der Waals surface area contributed by atoms with Gasteiger partial charge in [0.2, 0.25) is 0 Å². The van der Waals surface area contributed by atoms with Crippen molar-refractivity contribution in [3.8, 4) is 5.75 Å². The Labute approximate surface area is 178 Å². The van der Waals surface area contributed by atoms with Gasteiger partial charge in [0.25, 0.3) is 11.1 Å². The Balaban J connectivity index is 1.74. The van der Waals surface area contributed by atoms with E-state index in [1.807, 2.05) is 24.3 Å². The van der Waals surface area contributed by atoms with Crippen molar-refractivity contribution < 1.29 is 14.3 Å². The Bertz CT molecular complexity index is 933. The highest BCUT2D eigenvalue weighted by atomic mass is 127. The molecule has 0 aromatic heterocycles. The fourth-order valence-electron chi connectivity index (χ4n) is 2.22. The second-order valence-corrected chi connectivity index (χ2v) is 8.45. The smallest absolute Gasteiger partial charge is 0.293 e. The number of carbonyl (C=O) groups is 2.